The first-order valence-electron chi connectivity index (χ1n) is 10.0. The minimum atomic E-state index is -0.656. The van der Waals surface area contributed by atoms with Crippen molar-refractivity contribution in [2.75, 3.05) is 13.2 Å². The Morgan fingerprint density at radius 3 is 2.68 bits per heavy atom. The molecular weight excluding hydrogens is 394 g/mol. The SMILES string of the molecule is CCC(C)(C)C(=O)C(=O)N1CCCCC1C(=S)OCCCc1ccccc1Cl. The van der Waals surface area contributed by atoms with E-state index in [2.05, 4.69) is 0 Å². The number of ether oxygens (including phenoxy) is 1. The summed E-state index contributed by atoms with van der Waals surface area (Å²) < 4.78 is 5.80. The zero-order chi connectivity index (χ0) is 20.7. The molecule has 0 spiro atoms. The van der Waals surface area contributed by atoms with Crippen LogP contribution >= 0.6 is 23.8 Å². The van der Waals surface area contributed by atoms with Crippen LogP contribution in [0.2, 0.25) is 5.02 Å². The number of likely N-dealkylation sites (tertiary alicyclic amines) is 1. The molecule has 4 nitrogen and oxygen atoms in total. The highest BCUT2D eigenvalue weighted by molar-refractivity contribution is 7.80. The Morgan fingerprint density at radius 1 is 1.29 bits per heavy atom. The van der Waals surface area contributed by atoms with E-state index in [9.17, 15) is 9.59 Å². The van der Waals surface area contributed by atoms with Gasteiger partial charge in [0.25, 0.3) is 5.91 Å². The third-order valence-corrected chi connectivity index (χ3v) is 6.28. The van der Waals surface area contributed by atoms with Crippen LogP contribution in [0, 0.1) is 5.41 Å². The largest absolute Gasteiger partial charge is 0.485 e. The van der Waals surface area contributed by atoms with Crippen molar-refractivity contribution in [3.8, 4) is 0 Å². The van der Waals surface area contributed by atoms with E-state index in [-0.39, 0.29) is 11.8 Å². The molecule has 0 N–H and O–H groups in total. The molecule has 1 saturated heterocycles. The summed E-state index contributed by atoms with van der Waals surface area (Å²) in [4.78, 5) is 27.1. The molecule has 1 amide bonds. The van der Waals surface area contributed by atoms with E-state index >= 15 is 0 Å². The molecule has 1 aromatic rings. The van der Waals surface area contributed by atoms with Gasteiger partial charge in [0.05, 0.1) is 6.61 Å². The molecule has 0 saturated carbocycles. The zero-order valence-electron chi connectivity index (χ0n) is 17.0. The van der Waals surface area contributed by atoms with E-state index in [0.29, 0.717) is 24.6 Å². The minimum absolute atomic E-state index is 0.298. The Morgan fingerprint density at radius 2 is 2.00 bits per heavy atom. The molecule has 0 bridgehead atoms. The molecule has 1 heterocycles. The summed E-state index contributed by atoms with van der Waals surface area (Å²) in [6.07, 6.45) is 4.82. The average molecular weight is 424 g/mol. The van der Waals surface area contributed by atoms with Gasteiger partial charge in [-0.15, -0.1) is 0 Å². The Hall–Kier alpha value is -1.46. The quantitative estimate of drug-likeness (QED) is 0.335. The van der Waals surface area contributed by atoms with Crippen LogP contribution in [0.15, 0.2) is 24.3 Å². The molecule has 1 fully saturated rings. The lowest BCUT2D eigenvalue weighted by Crippen LogP contribution is -2.52. The van der Waals surface area contributed by atoms with Gasteiger partial charge >= 0.3 is 0 Å². The highest BCUT2D eigenvalue weighted by Gasteiger charge is 2.39. The lowest BCUT2D eigenvalue weighted by atomic mass is 9.84. The van der Waals surface area contributed by atoms with E-state index in [4.69, 9.17) is 28.6 Å². The lowest BCUT2D eigenvalue weighted by Gasteiger charge is -2.36. The van der Waals surface area contributed by atoms with Crippen molar-refractivity contribution in [3.05, 3.63) is 34.9 Å². The standard InChI is InChI=1S/C22H30ClNO3S/c1-4-22(2,3)19(25)20(26)24-14-8-7-13-18(24)21(28)27-15-9-11-16-10-5-6-12-17(16)23/h5-6,10,12,18H,4,7-9,11,13-15H2,1-3H3. The van der Waals surface area contributed by atoms with Gasteiger partial charge in [-0.1, -0.05) is 50.6 Å². The molecule has 1 unspecified atom stereocenters. The van der Waals surface area contributed by atoms with Crippen LogP contribution in [-0.4, -0.2) is 40.8 Å². The van der Waals surface area contributed by atoms with Crippen LogP contribution in [0.25, 0.3) is 0 Å². The number of amides is 1. The van der Waals surface area contributed by atoms with Crippen molar-refractivity contribution in [3.63, 3.8) is 0 Å². The summed E-state index contributed by atoms with van der Waals surface area (Å²) >= 11 is 11.7. The molecule has 154 valence electrons. The van der Waals surface area contributed by atoms with Crippen molar-refractivity contribution in [2.45, 2.75) is 65.3 Å². The molecule has 6 heteroatoms. The molecule has 2 rings (SSSR count). The number of halogens is 1. The Kier molecular flexibility index (Phi) is 8.44. The average Bonchev–Trinajstić information content (AvgIpc) is 2.71. The third-order valence-electron chi connectivity index (χ3n) is 5.52. The summed E-state index contributed by atoms with van der Waals surface area (Å²) in [5, 5.41) is 1.17. The van der Waals surface area contributed by atoms with Gasteiger partial charge in [-0.3, -0.25) is 9.59 Å². The van der Waals surface area contributed by atoms with Crippen molar-refractivity contribution < 1.29 is 14.3 Å². The number of nitrogens with zero attached hydrogens (tertiary/aromatic N) is 1. The predicted octanol–water partition coefficient (Wildman–Crippen LogP) is 5.00. The fourth-order valence-corrected chi connectivity index (χ4v) is 3.79. The smallest absolute Gasteiger partial charge is 0.291 e. The van der Waals surface area contributed by atoms with Crippen LogP contribution < -0.4 is 0 Å². The molecule has 0 aromatic heterocycles. The second kappa shape index (κ2) is 10.4. The number of carbonyl (C=O) groups excluding carboxylic acids is 2. The summed E-state index contributed by atoms with van der Waals surface area (Å²) in [7, 11) is 0. The number of Topliss-reactive ketones (excluding diaryl/α,β-unsaturated/α-hetero) is 1. The number of piperidine rings is 1. The van der Waals surface area contributed by atoms with Crippen LogP contribution in [0.4, 0.5) is 0 Å². The summed E-state index contributed by atoms with van der Waals surface area (Å²) in [5.74, 6) is -0.776. The van der Waals surface area contributed by atoms with Crippen LogP contribution in [0.3, 0.4) is 0 Å². The van der Waals surface area contributed by atoms with Gasteiger partial charge in [0.15, 0.2) is 5.05 Å². The highest BCUT2D eigenvalue weighted by atomic mass is 35.5. The van der Waals surface area contributed by atoms with Gasteiger partial charge < -0.3 is 9.64 Å². The number of thiocarbonyl (C=S) groups is 1. The van der Waals surface area contributed by atoms with E-state index in [0.717, 1.165) is 42.7 Å². The van der Waals surface area contributed by atoms with Gasteiger partial charge in [-0.25, -0.2) is 0 Å². The van der Waals surface area contributed by atoms with Crippen LogP contribution in [-0.2, 0) is 20.7 Å². The molecule has 0 radical (unpaired) electrons. The van der Waals surface area contributed by atoms with Crippen LogP contribution in [0.5, 0.6) is 0 Å². The maximum absolute atomic E-state index is 12.8. The van der Waals surface area contributed by atoms with E-state index < -0.39 is 11.3 Å². The second-order valence-corrected chi connectivity index (χ2v) is 8.75. The zero-order valence-corrected chi connectivity index (χ0v) is 18.6. The van der Waals surface area contributed by atoms with Crippen molar-refractivity contribution in [1.82, 2.24) is 4.90 Å². The molecule has 1 aliphatic heterocycles. The number of ketones is 1. The molecule has 1 atom stereocenters. The molecular formula is C22H30ClNO3S. The maximum Gasteiger partial charge on any atom is 0.291 e. The number of hydrogen-bond acceptors (Lipinski definition) is 4. The van der Waals surface area contributed by atoms with Crippen molar-refractivity contribution in [2.24, 2.45) is 5.41 Å². The predicted molar refractivity (Wildman–Crippen MR) is 117 cm³/mol. The topological polar surface area (TPSA) is 46.6 Å². The van der Waals surface area contributed by atoms with Gasteiger partial charge in [0.1, 0.15) is 6.04 Å². The van der Waals surface area contributed by atoms with Crippen LogP contribution in [0.1, 0.15) is 58.4 Å². The fourth-order valence-electron chi connectivity index (χ4n) is 3.23. The molecule has 0 aliphatic carbocycles. The number of aryl methyl sites for hydroxylation is 1. The van der Waals surface area contributed by atoms with Gasteiger partial charge in [-0.05, 0) is 62.4 Å². The maximum atomic E-state index is 12.8. The normalized spacial score (nSPS) is 17.3. The summed E-state index contributed by atoms with van der Waals surface area (Å²) in [6, 6.07) is 7.46. The number of hydrogen-bond donors (Lipinski definition) is 0. The third kappa shape index (κ3) is 5.77. The molecule has 1 aliphatic rings. The first-order chi connectivity index (χ1) is 13.3. The molecule has 1 aromatic carbocycles. The highest BCUT2D eigenvalue weighted by Crippen LogP contribution is 2.26. The Labute approximate surface area is 178 Å². The van der Waals surface area contributed by atoms with E-state index in [1.165, 1.54) is 0 Å². The number of carbonyl (C=O) groups is 2. The molecule has 28 heavy (non-hydrogen) atoms. The summed E-state index contributed by atoms with van der Waals surface area (Å²) in [6.45, 7) is 6.58. The first-order valence-corrected chi connectivity index (χ1v) is 10.8. The monoisotopic (exact) mass is 423 g/mol. The van der Waals surface area contributed by atoms with Gasteiger partial charge in [0, 0.05) is 17.0 Å². The lowest BCUT2D eigenvalue weighted by molar-refractivity contribution is -0.150. The summed E-state index contributed by atoms with van der Waals surface area (Å²) in [5.41, 5.74) is 0.428. The van der Waals surface area contributed by atoms with E-state index in [1.807, 2.05) is 45.0 Å². The Bertz CT molecular complexity index is 719. The second-order valence-electron chi connectivity index (χ2n) is 7.94. The fraction of sp³-hybridized carbons (Fsp3) is 0.591. The van der Waals surface area contributed by atoms with Gasteiger partial charge in [-0.2, -0.15) is 0 Å². The number of benzene rings is 1. The van der Waals surface area contributed by atoms with Crippen molar-refractivity contribution >= 4 is 40.6 Å². The van der Waals surface area contributed by atoms with Gasteiger partial charge in [0.2, 0.25) is 5.78 Å². The first kappa shape index (κ1) is 22.8. The van der Waals surface area contributed by atoms with Crippen molar-refractivity contribution in [1.29, 1.82) is 0 Å². The minimum Gasteiger partial charge on any atom is -0.485 e. The van der Waals surface area contributed by atoms with E-state index in [1.54, 1.807) is 4.90 Å². The number of rotatable bonds is 8. The Balaban J connectivity index is 1.91.